The van der Waals surface area contributed by atoms with Crippen LogP contribution in [0.4, 0.5) is 0 Å². The summed E-state index contributed by atoms with van der Waals surface area (Å²) in [6.07, 6.45) is 6.62. The van der Waals surface area contributed by atoms with Gasteiger partial charge in [0.05, 0.1) is 0 Å². The van der Waals surface area contributed by atoms with E-state index in [2.05, 4.69) is 4.98 Å². The zero-order valence-corrected chi connectivity index (χ0v) is 12.8. The Morgan fingerprint density at radius 1 is 1.35 bits per heavy atom. The Morgan fingerprint density at radius 3 is 2.55 bits per heavy atom. The molecule has 1 aromatic rings. The molecular weight excluding hydrogens is 276 g/mol. The number of H-pyrrole nitrogens is 1. The minimum absolute atomic E-state index is 0.0296. The first-order chi connectivity index (χ1) is 9.43. The molecule has 0 aliphatic heterocycles. The molecule has 0 atom stereocenters. The lowest BCUT2D eigenvalue weighted by atomic mass is 10.2. The fraction of sp³-hybridized carbons (Fsp3) is 0.643. The number of pyridine rings is 1. The van der Waals surface area contributed by atoms with Gasteiger partial charge in [-0.25, -0.2) is 8.42 Å². The van der Waals surface area contributed by atoms with Gasteiger partial charge in [0.1, 0.15) is 4.90 Å². The molecule has 0 radical (unpaired) electrons. The lowest BCUT2D eigenvalue weighted by molar-refractivity contribution is 0.292. The Morgan fingerprint density at radius 2 is 2.00 bits per heavy atom. The van der Waals surface area contributed by atoms with Gasteiger partial charge < -0.3 is 4.98 Å². The van der Waals surface area contributed by atoms with Crippen molar-refractivity contribution in [3.63, 3.8) is 0 Å². The summed E-state index contributed by atoms with van der Waals surface area (Å²) in [7, 11) is -3.72. The third-order valence-corrected chi connectivity index (χ3v) is 5.59. The molecule has 1 aliphatic rings. The van der Waals surface area contributed by atoms with Crippen LogP contribution in [0.15, 0.2) is 28.2 Å². The molecule has 0 spiro atoms. The van der Waals surface area contributed by atoms with E-state index in [1.165, 1.54) is 22.8 Å². The van der Waals surface area contributed by atoms with Gasteiger partial charge in [-0.15, -0.1) is 0 Å². The number of sulfonamides is 1. The lowest BCUT2D eigenvalue weighted by Crippen LogP contribution is -2.42. The minimum atomic E-state index is -3.72. The summed E-state index contributed by atoms with van der Waals surface area (Å²) >= 11 is 0. The quantitative estimate of drug-likeness (QED) is 0.903. The monoisotopic (exact) mass is 298 g/mol. The molecule has 0 amide bonds. The van der Waals surface area contributed by atoms with Crippen molar-refractivity contribution in [2.24, 2.45) is 5.92 Å². The molecule has 112 valence electrons. The third kappa shape index (κ3) is 3.12. The molecule has 1 fully saturated rings. The normalized spacial score (nSPS) is 17.2. The van der Waals surface area contributed by atoms with Gasteiger partial charge in [0.15, 0.2) is 0 Å². The number of nitrogens with one attached hydrogen (secondary N) is 1. The molecule has 1 aliphatic carbocycles. The van der Waals surface area contributed by atoms with Gasteiger partial charge in [0.25, 0.3) is 0 Å². The number of nitrogens with zero attached hydrogens (tertiary/aromatic N) is 1. The maximum Gasteiger partial charge on any atom is 0.248 e. The summed E-state index contributed by atoms with van der Waals surface area (Å²) in [4.78, 5) is 14.4. The van der Waals surface area contributed by atoms with E-state index in [0.29, 0.717) is 6.54 Å². The van der Waals surface area contributed by atoms with Crippen molar-refractivity contribution in [3.05, 3.63) is 28.7 Å². The Kier molecular flexibility index (Phi) is 4.65. The summed E-state index contributed by atoms with van der Waals surface area (Å²) in [6, 6.07) is 1.29. The number of aromatic amines is 1. The lowest BCUT2D eigenvalue weighted by Gasteiger charge is -2.29. The van der Waals surface area contributed by atoms with Crippen molar-refractivity contribution < 1.29 is 8.42 Å². The Labute approximate surface area is 120 Å². The Hall–Kier alpha value is -1.14. The molecule has 0 unspecified atom stereocenters. The predicted molar refractivity (Wildman–Crippen MR) is 78.0 cm³/mol. The van der Waals surface area contributed by atoms with E-state index in [4.69, 9.17) is 0 Å². The fourth-order valence-electron chi connectivity index (χ4n) is 2.72. The smallest absolute Gasteiger partial charge is 0.248 e. The molecule has 20 heavy (non-hydrogen) atoms. The first kappa shape index (κ1) is 15.3. The van der Waals surface area contributed by atoms with Crippen LogP contribution < -0.4 is 5.43 Å². The van der Waals surface area contributed by atoms with E-state index in [1.807, 2.05) is 13.8 Å². The minimum Gasteiger partial charge on any atom is -0.366 e. The van der Waals surface area contributed by atoms with E-state index < -0.39 is 15.5 Å². The molecule has 1 saturated carbocycles. The highest BCUT2D eigenvalue weighted by Crippen LogP contribution is 2.28. The summed E-state index contributed by atoms with van der Waals surface area (Å²) in [6.45, 7) is 4.45. The van der Waals surface area contributed by atoms with Crippen LogP contribution in [0.2, 0.25) is 0 Å². The van der Waals surface area contributed by atoms with E-state index in [9.17, 15) is 13.2 Å². The summed E-state index contributed by atoms with van der Waals surface area (Å²) in [5, 5.41) is 0. The first-order valence-corrected chi connectivity index (χ1v) is 8.56. The largest absolute Gasteiger partial charge is 0.366 e. The molecule has 2 rings (SSSR count). The average molecular weight is 298 g/mol. The van der Waals surface area contributed by atoms with Gasteiger partial charge in [-0.2, -0.15) is 4.31 Å². The summed E-state index contributed by atoms with van der Waals surface area (Å²) in [5.41, 5.74) is -0.449. The van der Waals surface area contributed by atoms with Crippen LogP contribution in [0.3, 0.4) is 0 Å². The number of hydrogen-bond donors (Lipinski definition) is 1. The van der Waals surface area contributed by atoms with Crippen molar-refractivity contribution in [2.45, 2.75) is 50.5 Å². The second-order valence-corrected chi connectivity index (χ2v) is 7.64. The molecule has 1 heterocycles. The van der Waals surface area contributed by atoms with Crippen LogP contribution in [0.1, 0.15) is 39.5 Å². The molecule has 6 heteroatoms. The van der Waals surface area contributed by atoms with Crippen LogP contribution in [0.25, 0.3) is 0 Å². The van der Waals surface area contributed by atoms with E-state index >= 15 is 0 Å². The van der Waals surface area contributed by atoms with Gasteiger partial charge in [0.2, 0.25) is 15.5 Å². The van der Waals surface area contributed by atoms with Gasteiger partial charge in [-0.1, -0.05) is 26.7 Å². The second-order valence-electron chi connectivity index (χ2n) is 5.78. The number of hydrogen-bond acceptors (Lipinski definition) is 3. The van der Waals surface area contributed by atoms with Crippen LogP contribution >= 0.6 is 0 Å². The van der Waals surface area contributed by atoms with Crippen molar-refractivity contribution in [1.82, 2.24) is 9.29 Å². The zero-order valence-electron chi connectivity index (χ0n) is 12.0. The van der Waals surface area contributed by atoms with Crippen LogP contribution in [-0.2, 0) is 10.0 Å². The second kappa shape index (κ2) is 6.10. The standard InChI is InChI=1S/C14H22N2O3S/c1-11(2)10-16(12-5-3-4-6-12)20(18,19)14-9-15-8-7-13(14)17/h7-9,11-12H,3-6,10H2,1-2H3,(H,15,17). The zero-order chi connectivity index (χ0) is 14.8. The fourth-order valence-corrected chi connectivity index (χ4v) is 4.61. The van der Waals surface area contributed by atoms with Crippen molar-refractivity contribution >= 4 is 10.0 Å². The molecule has 0 bridgehead atoms. The number of rotatable bonds is 5. The highest BCUT2D eigenvalue weighted by molar-refractivity contribution is 7.89. The van der Waals surface area contributed by atoms with E-state index in [0.717, 1.165) is 25.7 Å². The maximum absolute atomic E-state index is 12.8. The van der Waals surface area contributed by atoms with Crippen LogP contribution in [0, 0.1) is 5.92 Å². The van der Waals surface area contributed by atoms with E-state index in [1.54, 1.807) is 0 Å². The molecule has 1 N–H and O–H groups in total. The van der Waals surface area contributed by atoms with Crippen LogP contribution in [-0.4, -0.2) is 30.3 Å². The van der Waals surface area contributed by atoms with Gasteiger partial charge >= 0.3 is 0 Å². The topological polar surface area (TPSA) is 70.2 Å². The molecule has 0 saturated heterocycles. The first-order valence-electron chi connectivity index (χ1n) is 7.12. The average Bonchev–Trinajstić information content (AvgIpc) is 2.89. The highest BCUT2D eigenvalue weighted by Gasteiger charge is 2.34. The SMILES string of the molecule is CC(C)CN(C1CCCC1)S(=O)(=O)c1c[nH]ccc1=O. The Bertz CT molecular complexity index is 601. The molecular formula is C14H22N2O3S. The van der Waals surface area contributed by atoms with Crippen LogP contribution in [0.5, 0.6) is 0 Å². The van der Waals surface area contributed by atoms with Gasteiger partial charge in [-0.05, 0) is 18.8 Å². The number of aromatic nitrogens is 1. The van der Waals surface area contributed by atoms with E-state index in [-0.39, 0.29) is 16.9 Å². The Balaban J connectivity index is 2.41. The molecule has 0 aromatic carbocycles. The van der Waals surface area contributed by atoms with Gasteiger partial charge in [0, 0.05) is 31.0 Å². The van der Waals surface area contributed by atoms with Crippen molar-refractivity contribution in [1.29, 1.82) is 0 Å². The third-order valence-electron chi connectivity index (χ3n) is 3.65. The predicted octanol–water partition coefficient (Wildman–Crippen LogP) is 1.96. The molecule has 1 aromatic heterocycles. The summed E-state index contributed by atoms with van der Waals surface area (Å²) in [5.74, 6) is 0.230. The summed E-state index contributed by atoms with van der Waals surface area (Å²) < 4.78 is 27.1. The van der Waals surface area contributed by atoms with Crippen molar-refractivity contribution in [3.8, 4) is 0 Å². The maximum atomic E-state index is 12.8. The van der Waals surface area contributed by atoms with Gasteiger partial charge in [-0.3, -0.25) is 4.79 Å². The molecule has 5 nitrogen and oxygen atoms in total. The van der Waals surface area contributed by atoms with Crippen molar-refractivity contribution in [2.75, 3.05) is 6.54 Å². The highest BCUT2D eigenvalue weighted by atomic mass is 32.2.